The molecule has 0 radical (unpaired) electrons. The highest BCUT2D eigenvalue weighted by Crippen LogP contribution is 2.35. The van der Waals surface area contributed by atoms with E-state index in [2.05, 4.69) is 27.3 Å². The van der Waals surface area contributed by atoms with E-state index in [1.54, 1.807) is 26.4 Å². The van der Waals surface area contributed by atoms with E-state index in [-0.39, 0.29) is 11.2 Å². The van der Waals surface area contributed by atoms with Gasteiger partial charge < -0.3 is 24.4 Å². The second-order valence-corrected chi connectivity index (χ2v) is 8.45. The highest BCUT2D eigenvalue weighted by atomic mass is 19.1. The lowest BCUT2D eigenvalue weighted by Crippen LogP contribution is -2.50. The Morgan fingerprint density at radius 2 is 1.75 bits per heavy atom. The number of ether oxygens (including phenoxy) is 3. The Kier molecular flexibility index (Phi) is 6.84. The van der Waals surface area contributed by atoms with E-state index in [1.807, 2.05) is 19.2 Å². The van der Waals surface area contributed by atoms with Crippen LogP contribution in [0.25, 0.3) is 0 Å². The molecule has 7 heteroatoms. The molecule has 0 aliphatic carbocycles. The Bertz CT molecular complexity index is 956. The number of fused-ring (bicyclic) bond motifs is 1. The zero-order chi connectivity index (χ0) is 22.6. The van der Waals surface area contributed by atoms with Crippen LogP contribution in [0.4, 0.5) is 4.39 Å². The number of aliphatic imine (C=N–C) groups is 1. The van der Waals surface area contributed by atoms with Crippen LogP contribution in [0.3, 0.4) is 0 Å². The third kappa shape index (κ3) is 4.53. The van der Waals surface area contributed by atoms with Gasteiger partial charge in [0.1, 0.15) is 5.82 Å². The first-order chi connectivity index (χ1) is 15.6. The standard InChI is InChI=1S/C25H32FN3O3/c1-27-24(29-11-8-18-14-22(30-2)23(31-3)15-19(18)16-29)28-17-25(9-12-32-13-10-25)20-4-6-21(26)7-5-20/h4-7,14-15H,8-13,16-17H2,1-3H3,(H,27,28). The third-order valence-corrected chi connectivity index (χ3v) is 6.72. The summed E-state index contributed by atoms with van der Waals surface area (Å²) in [4.78, 5) is 6.84. The zero-order valence-corrected chi connectivity index (χ0v) is 19.1. The van der Waals surface area contributed by atoms with Crippen LogP contribution in [0.5, 0.6) is 11.5 Å². The van der Waals surface area contributed by atoms with E-state index in [0.717, 1.165) is 61.9 Å². The fraction of sp³-hybridized carbons (Fsp3) is 0.480. The molecule has 0 bridgehead atoms. The molecular weight excluding hydrogens is 409 g/mol. The summed E-state index contributed by atoms with van der Waals surface area (Å²) in [7, 11) is 5.15. The molecule has 4 rings (SSSR count). The molecule has 2 heterocycles. The van der Waals surface area contributed by atoms with Crippen LogP contribution in [0, 0.1) is 5.82 Å². The number of benzene rings is 2. The third-order valence-electron chi connectivity index (χ3n) is 6.72. The highest BCUT2D eigenvalue weighted by Gasteiger charge is 2.35. The molecule has 2 aromatic carbocycles. The van der Waals surface area contributed by atoms with Crippen molar-refractivity contribution in [3.8, 4) is 11.5 Å². The summed E-state index contributed by atoms with van der Waals surface area (Å²) in [5.74, 6) is 2.17. The minimum absolute atomic E-state index is 0.105. The van der Waals surface area contributed by atoms with Gasteiger partial charge in [-0.3, -0.25) is 4.99 Å². The molecule has 0 unspecified atom stereocenters. The lowest BCUT2D eigenvalue weighted by Gasteiger charge is -2.40. The van der Waals surface area contributed by atoms with Gasteiger partial charge in [-0.1, -0.05) is 12.1 Å². The Labute approximate surface area is 189 Å². The van der Waals surface area contributed by atoms with Crippen molar-refractivity contribution in [2.24, 2.45) is 4.99 Å². The molecule has 1 N–H and O–H groups in total. The van der Waals surface area contributed by atoms with E-state index >= 15 is 0 Å². The maximum absolute atomic E-state index is 13.5. The van der Waals surface area contributed by atoms with Crippen LogP contribution in [0.2, 0.25) is 0 Å². The van der Waals surface area contributed by atoms with Crippen molar-refractivity contribution < 1.29 is 18.6 Å². The molecule has 2 aliphatic rings. The number of nitrogens with zero attached hydrogens (tertiary/aromatic N) is 2. The molecular formula is C25H32FN3O3. The minimum atomic E-state index is -0.209. The monoisotopic (exact) mass is 441 g/mol. The van der Waals surface area contributed by atoms with Crippen molar-refractivity contribution in [3.63, 3.8) is 0 Å². The molecule has 32 heavy (non-hydrogen) atoms. The predicted molar refractivity (Wildman–Crippen MR) is 123 cm³/mol. The first-order valence-electron chi connectivity index (χ1n) is 11.1. The summed E-state index contributed by atoms with van der Waals surface area (Å²) < 4.78 is 30.1. The molecule has 0 atom stereocenters. The molecule has 0 saturated carbocycles. The fourth-order valence-electron chi connectivity index (χ4n) is 4.78. The van der Waals surface area contributed by atoms with Crippen LogP contribution in [0.1, 0.15) is 29.5 Å². The van der Waals surface area contributed by atoms with E-state index in [0.29, 0.717) is 13.2 Å². The average molecular weight is 442 g/mol. The van der Waals surface area contributed by atoms with E-state index in [4.69, 9.17) is 14.2 Å². The van der Waals surface area contributed by atoms with Crippen LogP contribution in [-0.4, -0.2) is 58.4 Å². The summed E-state index contributed by atoms with van der Waals surface area (Å²) in [5.41, 5.74) is 3.54. The van der Waals surface area contributed by atoms with Crippen LogP contribution < -0.4 is 14.8 Å². The van der Waals surface area contributed by atoms with Crippen LogP contribution >= 0.6 is 0 Å². The summed E-state index contributed by atoms with van der Waals surface area (Å²) in [6.07, 6.45) is 2.69. The second-order valence-electron chi connectivity index (χ2n) is 8.45. The molecule has 2 aromatic rings. The Morgan fingerprint density at radius 3 is 2.38 bits per heavy atom. The van der Waals surface area contributed by atoms with Gasteiger partial charge in [0, 0.05) is 45.3 Å². The normalized spacial score (nSPS) is 18.1. The van der Waals surface area contributed by atoms with Crippen molar-refractivity contribution in [2.45, 2.75) is 31.2 Å². The molecule has 0 amide bonds. The molecule has 6 nitrogen and oxygen atoms in total. The Balaban J connectivity index is 1.50. The largest absolute Gasteiger partial charge is 0.493 e. The lowest BCUT2D eigenvalue weighted by atomic mass is 9.74. The van der Waals surface area contributed by atoms with Gasteiger partial charge in [-0.25, -0.2) is 4.39 Å². The fourth-order valence-corrected chi connectivity index (χ4v) is 4.78. The molecule has 172 valence electrons. The van der Waals surface area contributed by atoms with Gasteiger partial charge in [0.05, 0.1) is 14.2 Å². The minimum Gasteiger partial charge on any atom is -0.493 e. The SMILES string of the molecule is CN=C(NCC1(c2ccc(F)cc2)CCOCC1)N1CCc2cc(OC)c(OC)cc2C1. The highest BCUT2D eigenvalue weighted by molar-refractivity contribution is 5.80. The van der Waals surface area contributed by atoms with Crippen LogP contribution in [0.15, 0.2) is 41.4 Å². The van der Waals surface area contributed by atoms with Gasteiger partial charge in [-0.2, -0.15) is 0 Å². The van der Waals surface area contributed by atoms with Crippen molar-refractivity contribution in [3.05, 3.63) is 58.9 Å². The van der Waals surface area contributed by atoms with E-state index < -0.39 is 0 Å². The number of rotatable bonds is 5. The average Bonchev–Trinajstić information content (AvgIpc) is 2.84. The van der Waals surface area contributed by atoms with Crippen LogP contribution in [-0.2, 0) is 23.1 Å². The summed E-state index contributed by atoms with van der Waals surface area (Å²) in [6.45, 7) is 3.76. The number of hydrogen-bond acceptors (Lipinski definition) is 4. The van der Waals surface area contributed by atoms with Gasteiger partial charge in [0.25, 0.3) is 0 Å². The number of methoxy groups -OCH3 is 2. The Hall–Kier alpha value is -2.80. The maximum atomic E-state index is 13.5. The van der Waals surface area contributed by atoms with Gasteiger partial charge in [0.15, 0.2) is 17.5 Å². The molecule has 0 aromatic heterocycles. The van der Waals surface area contributed by atoms with Crippen molar-refractivity contribution in [2.75, 3.05) is 47.6 Å². The maximum Gasteiger partial charge on any atom is 0.193 e. The lowest BCUT2D eigenvalue weighted by molar-refractivity contribution is 0.0511. The summed E-state index contributed by atoms with van der Waals surface area (Å²) >= 11 is 0. The van der Waals surface area contributed by atoms with Crippen molar-refractivity contribution >= 4 is 5.96 Å². The number of hydrogen-bond donors (Lipinski definition) is 1. The zero-order valence-electron chi connectivity index (χ0n) is 19.1. The topological polar surface area (TPSA) is 55.3 Å². The van der Waals surface area contributed by atoms with Gasteiger partial charge in [-0.15, -0.1) is 0 Å². The summed E-state index contributed by atoms with van der Waals surface area (Å²) in [5, 5.41) is 3.62. The quantitative estimate of drug-likeness (QED) is 0.568. The van der Waals surface area contributed by atoms with Gasteiger partial charge >= 0.3 is 0 Å². The second kappa shape index (κ2) is 9.77. The molecule has 0 spiro atoms. The first-order valence-corrected chi connectivity index (χ1v) is 11.1. The smallest absolute Gasteiger partial charge is 0.193 e. The number of halogens is 1. The van der Waals surface area contributed by atoms with Gasteiger partial charge in [-0.05, 0) is 60.2 Å². The van der Waals surface area contributed by atoms with Crippen molar-refractivity contribution in [1.82, 2.24) is 10.2 Å². The Morgan fingerprint density at radius 1 is 1.09 bits per heavy atom. The number of guanidine groups is 1. The predicted octanol–water partition coefficient (Wildman–Crippen LogP) is 3.52. The molecule has 2 aliphatic heterocycles. The molecule has 1 saturated heterocycles. The van der Waals surface area contributed by atoms with E-state index in [1.165, 1.54) is 11.1 Å². The van der Waals surface area contributed by atoms with Gasteiger partial charge in [0.2, 0.25) is 0 Å². The first kappa shape index (κ1) is 22.4. The van der Waals surface area contributed by atoms with Crippen molar-refractivity contribution in [1.29, 1.82) is 0 Å². The molecule has 1 fully saturated rings. The summed E-state index contributed by atoms with van der Waals surface area (Å²) in [6, 6.07) is 11.0. The van der Waals surface area contributed by atoms with E-state index in [9.17, 15) is 4.39 Å². The number of nitrogens with one attached hydrogen (secondary N) is 1.